The standard InChI is InChI=1S/C18H14Cl2N2O3S/c1-3-25-17(24)10-4-7-14-15(8-10)26-18(22(14)2)21-16(23)12-9-11(19)5-6-13(12)20/h4-9H,3H2,1-2H3. The maximum atomic E-state index is 12.5. The highest BCUT2D eigenvalue weighted by Gasteiger charge is 2.13. The van der Waals surface area contributed by atoms with Crippen LogP contribution in [0.1, 0.15) is 27.6 Å². The molecule has 3 aromatic rings. The Kier molecular flexibility index (Phi) is 5.46. The van der Waals surface area contributed by atoms with Crippen LogP contribution in [0.2, 0.25) is 10.0 Å². The molecular formula is C18H14Cl2N2O3S. The lowest BCUT2D eigenvalue weighted by atomic mass is 10.2. The molecule has 8 heteroatoms. The zero-order valence-corrected chi connectivity index (χ0v) is 16.3. The summed E-state index contributed by atoms with van der Waals surface area (Å²) in [5.41, 5.74) is 1.55. The first kappa shape index (κ1) is 18.6. The lowest BCUT2D eigenvalue weighted by Gasteiger charge is -2.02. The molecule has 3 rings (SSSR count). The van der Waals surface area contributed by atoms with Crippen LogP contribution in [-0.4, -0.2) is 23.1 Å². The Morgan fingerprint density at radius 2 is 1.96 bits per heavy atom. The SMILES string of the molecule is CCOC(=O)c1ccc2c(c1)sc(=NC(=O)c1cc(Cl)ccc1Cl)n2C. The average Bonchev–Trinajstić information content (AvgIpc) is 2.92. The van der Waals surface area contributed by atoms with Crippen LogP contribution in [0, 0.1) is 0 Å². The molecule has 0 N–H and O–H groups in total. The van der Waals surface area contributed by atoms with Crippen molar-refractivity contribution in [3.05, 3.63) is 62.4 Å². The van der Waals surface area contributed by atoms with Gasteiger partial charge in [-0.1, -0.05) is 34.5 Å². The van der Waals surface area contributed by atoms with Gasteiger partial charge < -0.3 is 9.30 Å². The van der Waals surface area contributed by atoms with E-state index in [4.69, 9.17) is 27.9 Å². The molecule has 1 aromatic heterocycles. The first-order valence-corrected chi connectivity index (χ1v) is 9.28. The largest absolute Gasteiger partial charge is 0.462 e. The Morgan fingerprint density at radius 3 is 2.69 bits per heavy atom. The van der Waals surface area contributed by atoms with Crippen molar-refractivity contribution in [2.75, 3.05) is 6.61 Å². The van der Waals surface area contributed by atoms with Gasteiger partial charge in [-0.3, -0.25) is 4.79 Å². The van der Waals surface area contributed by atoms with Crippen LogP contribution in [0.25, 0.3) is 10.2 Å². The van der Waals surface area contributed by atoms with Gasteiger partial charge in [-0.15, -0.1) is 0 Å². The fourth-order valence-corrected chi connectivity index (χ4v) is 3.82. The molecule has 0 aliphatic heterocycles. The number of carbonyl (C=O) groups excluding carboxylic acids is 2. The average molecular weight is 409 g/mol. The number of ether oxygens (including phenoxy) is 1. The second-order valence-electron chi connectivity index (χ2n) is 5.39. The summed E-state index contributed by atoms with van der Waals surface area (Å²) in [6.45, 7) is 2.07. The van der Waals surface area contributed by atoms with Gasteiger partial charge in [-0.25, -0.2) is 4.79 Å². The van der Waals surface area contributed by atoms with Gasteiger partial charge in [0.15, 0.2) is 4.80 Å². The molecule has 5 nitrogen and oxygen atoms in total. The van der Waals surface area contributed by atoms with E-state index < -0.39 is 5.91 Å². The van der Waals surface area contributed by atoms with Crippen LogP contribution < -0.4 is 4.80 Å². The number of hydrogen-bond acceptors (Lipinski definition) is 4. The second-order valence-corrected chi connectivity index (χ2v) is 7.24. The lowest BCUT2D eigenvalue weighted by molar-refractivity contribution is 0.0526. The molecule has 0 atom stereocenters. The van der Waals surface area contributed by atoms with E-state index in [-0.39, 0.29) is 16.6 Å². The number of rotatable bonds is 3. The third kappa shape index (κ3) is 3.67. The number of nitrogens with zero attached hydrogens (tertiary/aromatic N) is 2. The van der Waals surface area contributed by atoms with E-state index in [0.29, 0.717) is 22.0 Å². The number of fused-ring (bicyclic) bond motifs is 1. The van der Waals surface area contributed by atoms with Crippen LogP contribution in [-0.2, 0) is 11.8 Å². The van der Waals surface area contributed by atoms with Gasteiger partial charge in [0.1, 0.15) is 0 Å². The predicted molar refractivity (Wildman–Crippen MR) is 103 cm³/mol. The highest BCUT2D eigenvalue weighted by Crippen LogP contribution is 2.22. The summed E-state index contributed by atoms with van der Waals surface area (Å²) < 4.78 is 7.62. The van der Waals surface area contributed by atoms with Crippen LogP contribution in [0.4, 0.5) is 0 Å². The van der Waals surface area contributed by atoms with E-state index in [0.717, 1.165) is 10.2 Å². The fourth-order valence-electron chi connectivity index (χ4n) is 2.39. The first-order valence-electron chi connectivity index (χ1n) is 7.71. The quantitative estimate of drug-likeness (QED) is 0.600. The molecule has 0 radical (unpaired) electrons. The number of aromatic nitrogens is 1. The maximum absolute atomic E-state index is 12.5. The predicted octanol–water partition coefficient (Wildman–Crippen LogP) is 4.46. The summed E-state index contributed by atoms with van der Waals surface area (Å²) in [5.74, 6) is -0.865. The van der Waals surface area contributed by atoms with E-state index in [1.54, 1.807) is 48.9 Å². The summed E-state index contributed by atoms with van der Waals surface area (Å²) in [7, 11) is 1.80. The van der Waals surface area contributed by atoms with Crippen LogP contribution >= 0.6 is 34.5 Å². The van der Waals surface area contributed by atoms with E-state index in [9.17, 15) is 9.59 Å². The van der Waals surface area contributed by atoms with Crippen molar-refractivity contribution in [1.82, 2.24) is 4.57 Å². The number of halogens is 2. The molecule has 0 bridgehead atoms. The van der Waals surface area contributed by atoms with E-state index in [1.165, 1.54) is 17.4 Å². The Balaban J connectivity index is 2.06. The molecule has 0 saturated heterocycles. The molecule has 0 saturated carbocycles. The minimum absolute atomic E-state index is 0.240. The molecule has 0 aliphatic rings. The van der Waals surface area contributed by atoms with Crippen molar-refractivity contribution in [2.24, 2.45) is 12.0 Å². The number of thiazole rings is 1. The zero-order chi connectivity index (χ0) is 18.8. The molecule has 1 heterocycles. The molecule has 26 heavy (non-hydrogen) atoms. The highest BCUT2D eigenvalue weighted by atomic mass is 35.5. The van der Waals surface area contributed by atoms with Gasteiger partial charge in [0.25, 0.3) is 5.91 Å². The second kappa shape index (κ2) is 7.61. The van der Waals surface area contributed by atoms with Crippen LogP contribution in [0.3, 0.4) is 0 Å². The van der Waals surface area contributed by atoms with Crippen LogP contribution in [0.5, 0.6) is 0 Å². The first-order chi connectivity index (χ1) is 12.4. The lowest BCUT2D eigenvalue weighted by Crippen LogP contribution is -2.13. The Labute approximate surface area is 163 Å². The van der Waals surface area contributed by atoms with Crippen molar-refractivity contribution in [1.29, 1.82) is 0 Å². The van der Waals surface area contributed by atoms with Gasteiger partial charge in [-0.05, 0) is 43.3 Å². The number of aryl methyl sites for hydroxylation is 1. The van der Waals surface area contributed by atoms with Crippen molar-refractivity contribution < 1.29 is 14.3 Å². The minimum Gasteiger partial charge on any atom is -0.462 e. The number of esters is 1. The smallest absolute Gasteiger partial charge is 0.338 e. The normalized spacial score (nSPS) is 11.8. The highest BCUT2D eigenvalue weighted by molar-refractivity contribution is 7.16. The van der Waals surface area contributed by atoms with Crippen molar-refractivity contribution in [2.45, 2.75) is 6.92 Å². The molecule has 2 aromatic carbocycles. The summed E-state index contributed by atoms with van der Waals surface area (Å²) >= 11 is 13.3. The van der Waals surface area contributed by atoms with E-state index in [1.807, 2.05) is 0 Å². The van der Waals surface area contributed by atoms with Crippen LogP contribution in [0.15, 0.2) is 41.4 Å². The number of carbonyl (C=O) groups is 2. The Bertz CT molecular complexity index is 1090. The molecule has 0 unspecified atom stereocenters. The molecule has 134 valence electrons. The number of hydrogen-bond donors (Lipinski definition) is 0. The topological polar surface area (TPSA) is 60.7 Å². The van der Waals surface area contributed by atoms with Crippen molar-refractivity contribution in [3.8, 4) is 0 Å². The van der Waals surface area contributed by atoms with Crippen molar-refractivity contribution in [3.63, 3.8) is 0 Å². The van der Waals surface area contributed by atoms with Gasteiger partial charge in [0.2, 0.25) is 0 Å². The summed E-state index contributed by atoms with van der Waals surface area (Å²) in [6.07, 6.45) is 0. The number of benzene rings is 2. The molecule has 0 spiro atoms. The Hall–Kier alpha value is -2.15. The minimum atomic E-state index is -0.481. The van der Waals surface area contributed by atoms with Gasteiger partial charge in [0, 0.05) is 12.1 Å². The summed E-state index contributed by atoms with van der Waals surface area (Å²) in [5, 5.41) is 0.698. The Morgan fingerprint density at radius 1 is 1.19 bits per heavy atom. The van der Waals surface area contributed by atoms with Gasteiger partial charge in [0.05, 0.1) is 33.0 Å². The van der Waals surface area contributed by atoms with Gasteiger partial charge >= 0.3 is 5.97 Å². The molecular weight excluding hydrogens is 395 g/mol. The monoisotopic (exact) mass is 408 g/mol. The third-order valence-electron chi connectivity index (χ3n) is 3.68. The molecule has 0 aliphatic carbocycles. The summed E-state index contributed by atoms with van der Waals surface area (Å²) in [4.78, 5) is 29.0. The van der Waals surface area contributed by atoms with E-state index in [2.05, 4.69) is 4.99 Å². The third-order valence-corrected chi connectivity index (χ3v) is 5.34. The maximum Gasteiger partial charge on any atom is 0.338 e. The zero-order valence-electron chi connectivity index (χ0n) is 14.0. The molecule has 1 amide bonds. The van der Waals surface area contributed by atoms with Crippen molar-refractivity contribution >= 4 is 56.6 Å². The summed E-state index contributed by atoms with van der Waals surface area (Å²) in [6, 6.07) is 9.87. The molecule has 0 fully saturated rings. The van der Waals surface area contributed by atoms with E-state index >= 15 is 0 Å². The fraction of sp³-hybridized carbons (Fsp3) is 0.167. The number of amides is 1. The van der Waals surface area contributed by atoms with Gasteiger partial charge in [-0.2, -0.15) is 4.99 Å².